The van der Waals surface area contributed by atoms with Gasteiger partial charge >= 0.3 is 0 Å². The van der Waals surface area contributed by atoms with Crippen molar-refractivity contribution in [2.45, 2.75) is 0 Å². The number of nitrogens with zero attached hydrogens (tertiary/aromatic N) is 2. The van der Waals surface area contributed by atoms with Crippen LogP contribution in [-0.2, 0) is 0 Å². The number of thioether (sulfide) groups is 1. The van der Waals surface area contributed by atoms with Gasteiger partial charge in [-0.05, 0) is 16.7 Å². The number of hydrazone groups is 1. The summed E-state index contributed by atoms with van der Waals surface area (Å²) in [6, 6.07) is 29.4. The smallest absolute Gasteiger partial charge is 0.196 e. The van der Waals surface area contributed by atoms with Gasteiger partial charge in [0, 0.05) is 17.2 Å². The SMILES string of the molecule is C1=C(c2ccccc2)NN=C2SC=C(c3ccc(-c4ccccc4)cc3)N12. The molecule has 130 valence electrons. The number of hydrogen-bond acceptors (Lipinski definition) is 4. The van der Waals surface area contributed by atoms with Crippen LogP contribution in [0.25, 0.3) is 22.5 Å². The minimum atomic E-state index is 0.941. The van der Waals surface area contributed by atoms with E-state index in [-0.39, 0.29) is 0 Å². The van der Waals surface area contributed by atoms with E-state index >= 15 is 0 Å². The molecular weight excluding hydrogens is 350 g/mol. The third-order valence-electron chi connectivity index (χ3n) is 4.64. The zero-order valence-corrected chi connectivity index (χ0v) is 15.4. The Hall–Kier alpha value is -3.24. The maximum atomic E-state index is 4.53. The molecule has 5 rings (SSSR count). The fourth-order valence-electron chi connectivity index (χ4n) is 3.22. The van der Waals surface area contributed by atoms with Crippen LogP contribution in [0, 0.1) is 0 Å². The maximum absolute atomic E-state index is 4.53. The summed E-state index contributed by atoms with van der Waals surface area (Å²) in [4.78, 5) is 2.15. The van der Waals surface area contributed by atoms with Crippen LogP contribution in [0.15, 0.2) is 102 Å². The highest BCUT2D eigenvalue weighted by Crippen LogP contribution is 2.36. The van der Waals surface area contributed by atoms with Crippen molar-refractivity contribution >= 4 is 28.3 Å². The lowest BCUT2D eigenvalue weighted by atomic mass is 10.0. The number of rotatable bonds is 3. The van der Waals surface area contributed by atoms with Crippen molar-refractivity contribution in [2.75, 3.05) is 0 Å². The first-order chi connectivity index (χ1) is 13.4. The quantitative estimate of drug-likeness (QED) is 0.655. The first-order valence-corrected chi connectivity index (χ1v) is 9.69. The molecule has 0 aromatic heterocycles. The molecule has 0 bridgehead atoms. The number of benzene rings is 3. The molecule has 2 heterocycles. The number of amidine groups is 1. The minimum Gasteiger partial charge on any atom is -0.291 e. The van der Waals surface area contributed by atoms with Gasteiger partial charge in [0.15, 0.2) is 5.17 Å². The lowest BCUT2D eigenvalue weighted by molar-refractivity contribution is 0.759. The van der Waals surface area contributed by atoms with Gasteiger partial charge in [-0.3, -0.25) is 10.3 Å². The molecule has 27 heavy (non-hydrogen) atoms. The summed E-state index contributed by atoms with van der Waals surface area (Å²) in [6.45, 7) is 0. The van der Waals surface area contributed by atoms with Crippen LogP contribution in [-0.4, -0.2) is 10.1 Å². The van der Waals surface area contributed by atoms with Gasteiger partial charge < -0.3 is 0 Å². The van der Waals surface area contributed by atoms with Crippen molar-refractivity contribution < 1.29 is 0 Å². The van der Waals surface area contributed by atoms with Gasteiger partial charge in [-0.2, -0.15) is 0 Å². The van der Waals surface area contributed by atoms with E-state index < -0.39 is 0 Å². The summed E-state index contributed by atoms with van der Waals surface area (Å²) in [5, 5.41) is 7.62. The summed E-state index contributed by atoms with van der Waals surface area (Å²) in [5.41, 5.74) is 10.1. The first-order valence-electron chi connectivity index (χ1n) is 8.81. The topological polar surface area (TPSA) is 27.6 Å². The van der Waals surface area contributed by atoms with Crippen molar-refractivity contribution in [2.24, 2.45) is 5.10 Å². The summed E-state index contributed by atoms with van der Waals surface area (Å²) < 4.78 is 0. The summed E-state index contributed by atoms with van der Waals surface area (Å²) in [7, 11) is 0. The predicted octanol–water partition coefficient (Wildman–Crippen LogP) is 5.57. The molecular formula is C23H17N3S. The van der Waals surface area contributed by atoms with Gasteiger partial charge in [-0.15, -0.1) is 5.10 Å². The standard InChI is InChI=1S/C23H17N3S/c1-3-7-17(8-4-1)18-11-13-20(14-12-18)22-16-27-23-25-24-21(15-26(22)23)19-9-5-2-6-10-19/h1-16,24H. The molecule has 0 unspecified atom stereocenters. The van der Waals surface area contributed by atoms with E-state index in [1.54, 1.807) is 11.8 Å². The fraction of sp³-hybridized carbons (Fsp3) is 0. The molecule has 0 aliphatic carbocycles. The van der Waals surface area contributed by atoms with Crippen LogP contribution in [0.5, 0.6) is 0 Å². The van der Waals surface area contributed by atoms with E-state index in [1.807, 2.05) is 24.3 Å². The van der Waals surface area contributed by atoms with E-state index in [1.165, 1.54) is 16.7 Å². The molecule has 0 atom stereocenters. The maximum Gasteiger partial charge on any atom is 0.196 e. The first kappa shape index (κ1) is 16.0. The van der Waals surface area contributed by atoms with Gasteiger partial charge in [0.2, 0.25) is 0 Å². The van der Waals surface area contributed by atoms with Crippen molar-refractivity contribution in [3.63, 3.8) is 0 Å². The highest BCUT2D eigenvalue weighted by molar-refractivity contribution is 8.16. The second-order valence-corrected chi connectivity index (χ2v) is 7.19. The Labute approximate surface area is 162 Å². The Morgan fingerprint density at radius 1 is 0.667 bits per heavy atom. The molecule has 2 aliphatic rings. The molecule has 3 aromatic rings. The second-order valence-electron chi connectivity index (χ2n) is 6.35. The normalized spacial score (nSPS) is 15.4. The minimum absolute atomic E-state index is 0.941. The largest absolute Gasteiger partial charge is 0.291 e. The average molecular weight is 367 g/mol. The van der Waals surface area contributed by atoms with E-state index in [4.69, 9.17) is 0 Å². The van der Waals surface area contributed by atoms with Gasteiger partial charge in [-0.1, -0.05) is 96.7 Å². The molecule has 0 spiro atoms. The molecule has 3 aromatic carbocycles. The number of hydrogen-bond donors (Lipinski definition) is 1. The molecule has 0 radical (unpaired) electrons. The highest BCUT2D eigenvalue weighted by atomic mass is 32.2. The monoisotopic (exact) mass is 367 g/mol. The molecule has 0 fully saturated rings. The zero-order valence-electron chi connectivity index (χ0n) is 14.5. The average Bonchev–Trinajstić information content (AvgIpc) is 3.18. The lowest BCUT2D eigenvalue weighted by Crippen LogP contribution is -2.26. The Balaban J connectivity index is 1.45. The van der Waals surface area contributed by atoms with Crippen LogP contribution in [0.3, 0.4) is 0 Å². The third-order valence-corrected chi connectivity index (χ3v) is 5.48. The molecule has 1 N–H and O–H groups in total. The van der Waals surface area contributed by atoms with Crippen LogP contribution in [0.1, 0.15) is 11.1 Å². The Bertz CT molecular complexity index is 1050. The van der Waals surface area contributed by atoms with Gasteiger partial charge in [0.05, 0.1) is 11.4 Å². The van der Waals surface area contributed by atoms with E-state index in [2.05, 4.69) is 87.7 Å². The lowest BCUT2D eigenvalue weighted by Gasteiger charge is -2.24. The van der Waals surface area contributed by atoms with Crippen LogP contribution in [0.4, 0.5) is 0 Å². The number of nitrogens with one attached hydrogen (secondary N) is 1. The molecule has 0 saturated carbocycles. The van der Waals surface area contributed by atoms with Gasteiger partial charge in [-0.25, -0.2) is 0 Å². The molecule has 3 nitrogen and oxygen atoms in total. The van der Waals surface area contributed by atoms with Crippen molar-refractivity contribution in [1.29, 1.82) is 0 Å². The Morgan fingerprint density at radius 3 is 1.96 bits per heavy atom. The van der Waals surface area contributed by atoms with Crippen molar-refractivity contribution in [1.82, 2.24) is 10.3 Å². The fourth-order valence-corrected chi connectivity index (χ4v) is 4.05. The zero-order chi connectivity index (χ0) is 18.1. The second kappa shape index (κ2) is 6.82. The Morgan fingerprint density at radius 2 is 1.26 bits per heavy atom. The summed E-state index contributed by atoms with van der Waals surface area (Å²) >= 11 is 1.63. The van der Waals surface area contributed by atoms with Crippen molar-refractivity contribution in [3.05, 3.63) is 108 Å². The number of fused-ring (bicyclic) bond motifs is 1. The van der Waals surface area contributed by atoms with E-state index in [9.17, 15) is 0 Å². The van der Waals surface area contributed by atoms with Gasteiger partial charge in [0.1, 0.15) is 0 Å². The summed E-state index contributed by atoms with van der Waals surface area (Å²) in [5.74, 6) is 0. The Kier molecular flexibility index (Phi) is 4.03. The van der Waals surface area contributed by atoms with Gasteiger partial charge in [0.25, 0.3) is 0 Å². The highest BCUT2D eigenvalue weighted by Gasteiger charge is 2.26. The van der Waals surface area contributed by atoms with Crippen LogP contribution >= 0.6 is 11.8 Å². The molecule has 0 amide bonds. The van der Waals surface area contributed by atoms with E-state index in [0.717, 1.165) is 22.1 Å². The molecule has 0 saturated heterocycles. The van der Waals surface area contributed by atoms with Crippen LogP contribution in [0.2, 0.25) is 0 Å². The molecule has 2 aliphatic heterocycles. The third kappa shape index (κ3) is 3.04. The summed E-state index contributed by atoms with van der Waals surface area (Å²) in [6.07, 6.45) is 2.12. The molecule has 4 heteroatoms. The van der Waals surface area contributed by atoms with E-state index in [0.29, 0.717) is 0 Å². The van der Waals surface area contributed by atoms with Crippen LogP contribution < -0.4 is 5.43 Å². The van der Waals surface area contributed by atoms with Crippen molar-refractivity contribution in [3.8, 4) is 11.1 Å². The predicted molar refractivity (Wildman–Crippen MR) is 114 cm³/mol.